The number of amides is 1. The summed E-state index contributed by atoms with van der Waals surface area (Å²) in [6.45, 7) is 8.86. The first-order valence-corrected chi connectivity index (χ1v) is 8.77. The molecule has 1 aromatic rings. The monoisotopic (exact) mass is 334 g/mol. The average molecular weight is 334 g/mol. The summed E-state index contributed by atoms with van der Waals surface area (Å²) in [7, 11) is 0. The molecule has 1 aromatic carbocycles. The number of ether oxygens (including phenoxy) is 1. The first kappa shape index (κ1) is 18.7. The third-order valence-electron chi connectivity index (χ3n) is 4.32. The number of rotatable bonds is 5. The third-order valence-corrected chi connectivity index (χ3v) is 4.32. The number of hydrogen-bond donors (Lipinski definition) is 2. The van der Waals surface area contributed by atoms with Crippen molar-refractivity contribution in [3.05, 3.63) is 35.9 Å². The Morgan fingerprint density at radius 2 is 1.92 bits per heavy atom. The van der Waals surface area contributed by atoms with E-state index in [0.717, 1.165) is 38.0 Å². The predicted octanol–water partition coefficient (Wildman–Crippen LogP) is 2.96. The van der Waals surface area contributed by atoms with Gasteiger partial charge in [0.15, 0.2) is 0 Å². The number of alkyl carbamates (subject to hydrolysis) is 1. The molecule has 0 bridgehead atoms. The quantitative estimate of drug-likeness (QED) is 0.869. The normalized spacial score (nSPS) is 18.2. The molecular formula is C19H30N2O3. The Morgan fingerprint density at radius 1 is 1.29 bits per heavy atom. The van der Waals surface area contributed by atoms with Gasteiger partial charge in [0.05, 0.1) is 6.10 Å². The van der Waals surface area contributed by atoms with Gasteiger partial charge in [0, 0.05) is 13.1 Å². The molecule has 1 amide bonds. The van der Waals surface area contributed by atoms with Gasteiger partial charge in [0.25, 0.3) is 0 Å². The van der Waals surface area contributed by atoms with Crippen LogP contribution >= 0.6 is 0 Å². The standard InChI is InChI=1S/C19H30N2O3/c1-19(2,3)24-18(23)20-11-14-21-12-9-16(10-13-21)17(22)15-7-5-4-6-8-15/h4-8,16-17,22H,9-14H2,1-3H3,(H,20,23). The van der Waals surface area contributed by atoms with Gasteiger partial charge in [0.1, 0.15) is 5.60 Å². The van der Waals surface area contributed by atoms with Gasteiger partial charge in [-0.2, -0.15) is 0 Å². The lowest BCUT2D eigenvalue weighted by Crippen LogP contribution is -2.41. The molecule has 5 nitrogen and oxygen atoms in total. The highest BCUT2D eigenvalue weighted by atomic mass is 16.6. The number of nitrogens with zero attached hydrogens (tertiary/aromatic N) is 1. The van der Waals surface area contributed by atoms with Crippen LogP contribution in [0.3, 0.4) is 0 Å². The molecule has 1 aliphatic rings. The average Bonchev–Trinajstić information content (AvgIpc) is 2.54. The second-order valence-corrected chi connectivity index (χ2v) is 7.46. The number of aliphatic hydroxyl groups excluding tert-OH is 1. The number of nitrogens with one attached hydrogen (secondary N) is 1. The summed E-state index contributed by atoms with van der Waals surface area (Å²) < 4.78 is 5.22. The zero-order chi connectivity index (χ0) is 17.6. The molecule has 5 heteroatoms. The van der Waals surface area contributed by atoms with Crippen molar-refractivity contribution in [3.63, 3.8) is 0 Å². The third kappa shape index (κ3) is 6.13. The molecule has 1 aliphatic heterocycles. The number of carbonyl (C=O) groups is 1. The van der Waals surface area contributed by atoms with E-state index in [1.807, 2.05) is 51.1 Å². The van der Waals surface area contributed by atoms with E-state index in [1.54, 1.807) is 0 Å². The molecule has 0 aliphatic carbocycles. The Kier molecular flexibility index (Phi) is 6.63. The van der Waals surface area contributed by atoms with Crippen LogP contribution in [-0.2, 0) is 4.74 Å². The minimum atomic E-state index is -0.462. The summed E-state index contributed by atoms with van der Waals surface area (Å²) in [6, 6.07) is 9.88. The Balaban J connectivity index is 1.67. The molecule has 1 saturated heterocycles. The van der Waals surface area contributed by atoms with Crippen molar-refractivity contribution in [2.24, 2.45) is 5.92 Å². The topological polar surface area (TPSA) is 61.8 Å². The van der Waals surface area contributed by atoms with Gasteiger partial charge >= 0.3 is 6.09 Å². The molecule has 2 N–H and O–H groups in total. The minimum Gasteiger partial charge on any atom is -0.444 e. The summed E-state index contributed by atoms with van der Waals surface area (Å²) in [5.41, 5.74) is 0.540. The largest absolute Gasteiger partial charge is 0.444 e. The molecule has 1 fully saturated rings. The molecule has 0 aromatic heterocycles. The molecular weight excluding hydrogens is 304 g/mol. The van der Waals surface area contributed by atoms with Gasteiger partial charge in [-0.1, -0.05) is 30.3 Å². The molecule has 1 atom stereocenters. The predicted molar refractivity (Wildman–Crippen MR) is 94.8 cm³/mol. The van der Waals surface area contributed by atoms with Crippen molar-refractivity contribution in [2.75, 3.05) is 26.2 Å². The number of piperidine rings is 1. The number of likely N-dealkylation sites (tertiary alicyclic amines) is 1. The van der Waals surface area contributed by atoms with Crippen LogP contribution in [0.2, 0.25) is 0 Å². The second kappa shape index (κ2) is 8.49. The van der Waals surface area contributed by atoms with Gasteiger partial charge in [0.2, 0.25) is 0 Å². The summed E-state index contributed by atoms with van der Waals surface area (Å²) in [6.07, 6.45) is 1.20. The van der Waals surface area contributed by atoms with E-state index in [9.17, 15) is 9.90 Å². The van der Waals surface area contributed by atoms with Gasteiger partial charge in [-0.3, -0.25) is 0 Å². The zero-order valence-corrected chi connectivity index (χ0v) is 15.0. The van der Waals surface area contributed by atoms with Crippen LogP contribution in [0, 0.1) is 5.92 Å². The first-order valence-electron chi connectivity index (χ1n) is 8.77. The lowest BCUT2D eigenvalue weighted by molar-refractivity contribution is 0.0491. The zero-order valence-electron chi connectivity index (χ0n) is 15.0. The molecule has 1 unspecified atom stereocenters. The van der Waals surface area contributed by atoms with E-state index in [2.05, 4.69) is 10.2 Å². The SMILES string of the molecule is CC(C)(C)OC(=O)NCCN1CCC(C(O)c2ccccc2)CC1. The van der Waals surface area contributed by atoms with Crippen molar-refractivity contribution in [1.82, 2.24) is 10.2 Å². The lowest BCUT2D eigenvalue weighted by Gasteiger charge is -2.34. The van der Waals surface area contributed by atoms with Gasteiger partial charge in [-0.05, 0) is 58.2 Å². The number of benzene rings is 1. The van der Waals surface area contributed by atoms with Crippen LogP contribution in [0.5, 0.6) is 0 Å². The fraction of sp³-hybridized carbons (Fsp3) is 0.632. The fourth-order valence-electron chi connectivity index (χ4n) is 3.04. The van der Waals surface area contributed by atoms with E-state index < -0.39 is 5.60 Å². The van der Waals surface area contributed by atoms with Crippen molar-refractivity contribution in [2.45, 2.75) is 45.3 Å². The van der Waals surface area contributed by atoms with Crippen molar-refractivity contribution in [3.8, 4) is 0 Å². The second-order valence-electron chi connectivity index (χ2n) is 7.46. The van der Waals surface area contributed by atoms with Gasteiger partial charge in [-0.15, -0.1) is 0 Å². The van der Waals surface area contributed by atoms with Crippen LogP contribution in [0.4, 0.5) is 4.79 Å². The first-order chi connectivity index (χ1) is 11.3. The maximum atomic E-state index is 11.6. The molecule has 1 heterocycles. The molecule has 2 rings (SSSR count). The Labute approximate surface area is 145 Å². The summed E-state index contributed by atoms with van der Waals surface area (Å²) in [5.74, 6) is 0.308. The maximum absolute atomic E-state index is 11.6. The summed E-state index contributed by atoms with van der Waals surface area (Å²) in [5, 5.41) is 13.3. The minimum absolute atomic E-state index is 0.308. The molecule has 134 valence electrons. The highest BCUT2D eigenvalue weighted by molar-refractivity contribution is 5.67. The number of hydrogen-bond acceptors (Lipinski definition) is 4. The van der Waals surface area contributed by atoms with Crippen LogP contribution in [-0.4, -0.2) is 47.9 Å². The van der Waals surface area contributed by atoms with Gasteiger partial charge in [-0.25, -0.2) is 4.79 Å². The Morgan fingerprint density at radius 3 is 2.50 bits per heavy atom. The smallest absolute Gasteiger partial charge is 0.407 e. The van der Waals surface area contributed by atoms with Crippen molar-refractivity contribution < 1.29 is 14.6 Å². The lowest BCUT2D eigenvalue weighted by atomic mass is 9.87. The van der Waals surface area contributed by atoms with E-state index in [4.69, 9.17) is 4.74 Å². The maximum Gasteiger partial charge on any atom is 0.407 e. The highest BCUT2D eigenvalue weighted by Crippen LogP contribution is 2.30. The van der Waals surface area contributed by atoms with Crippen LogP contribution in [0.15, 0.2) is 30.3 Å². The van der Waals surface area contributed by atoms with Crippen LogP contribution in [0.1, 0.15) is 45.3 Å². The van der Waals surface area contributed by atoms with E-state index >= 15 is 0 Å². The fourth-order valence-corrected chi connectivity index (χ4v) is 3.04. The molecule has 0 radical (unpaired) electrons. The molecule has 0 spiro atoms. The summed E-state index contributed by atoms with van der Waals surface area (Å²) >= 11 is 0. The molecule has 0 saturated carbocycles. The Hall–Kier alpha value is -1.59. The van der Waals surface area contributed by atoms with Crippen molar-refractivity contribution in [1.29, 1.82) is 0 Å². The van der Waals surface area contributed by atoms with E-state index in [0.29, 0.717) is 12.5 Å². The number of aliphatic hydroxyl groups is 1. The van der Waals surface area contributed by atoms with Gasteiger partial charge < -0.3 is 20.1 Å². The van der Waals surface area contributed by atoms with Crippen molar-refractivity contribution >= 4 is 6.09 Å². The van der Waals surface area contributed by atoms with Crippen LogP contribution < -0.4 is 5.32 Å². The highest BCUT2D eigenvalue weighted by Gasteiger charge is 2.26. The number of carbonyl (C=O) groups excluding carboxylic acids is 1. The Bertz CT molecular complexity index is 505. The summed E-state index contributed by atoms with van der Waals surface area (Å²) in [4.78, 5) is 13.9. The molecule has 24 heavy (non-hydrogen) atoms. The van der Waals surface area contributed by atoms with E-state index in [1.165, 1.54) is 0 Å². The van der Waals surface area contributed by atoms with Crippen LogP contribution in [0.25, 0.3) is 0 Å². The van der Waals surface area contributed by atoms with E-state index in [-0.39, 0.29) is 12.2 Å².